The number of morpholine rings is 1. The second-order valence-corrected chi connectivity index (χ2v) is 8.24. The molecule has 1 fully saturated rings. The largest absolute Gasteiger partial charge is 0.390 e. The first kappa shape index (κ1) is 22.6. The number of rotatable bonds is 7. The first-order valence-corrected chi connectivity index (χ1v) is 10.8. The van der Waals surface area contributed by atoms with Crippen molar-refractivity contribution in [3.05, 3.63) is 107 Å². The SMILES string of the molecule is N[C@@H](Cc1cc(F)cc(F)c1)C(O)[C@H]1COCCN1C(c1ccccc1)c1ccccc1. The molecule has 32 heavy (non-hydrogen) atoms. The van der Waals surface area contributed by atoms with Crippen LogP contribution in [-0.2, 0) is 11.2 Å². The predicted molar refractivity (Wildman–Crippen MR) is 120 cm³/mol. The monoisotopic (exact) mass is 438 g/mol. The van der Waals surface area contributed by atoms with Gasteiger partial charge in [0.2, 0.25) is 0 Å². The highest BCUT2D eigenvalue weighted by atomic mass is 19.1. The fourth-order valence-electron chi connectivity index (χ4n) is 4.50. The molecule has 0 amide bonds. The Balaban J connectivity index is 1.61. The fraction of sp³-hybridized carbons (Fsp3) is 0.308. The van der Waals surface area contributed by atoms with Crippen molar-refractivity contribution in [2.75, 3.05) is 19.8 Å². The third-order valence-corrected chi connectivity index (χ3v) is 6.00. The van der Waals surface area contributed by atoms with Gasteiger partial charge in [0.05, 0.1) is 31.4 Å². The molecule has 0 aromatic heterocycles. The van der Waals surface area contributed by atoms with E-state index >= 15 is 0 Å². The molecule has 1 aliphatic rings. The molecule has 168 valence electrons. The molecule has 0 spiro atoms. The van der Waals surface area contributed by atoms with Crippen molar-refractivity contribution in [3.8, 4) is 0 Å². The summed E-state index contributed by atoms with van der Waals surface area (Å²) in [4.78, 5) is 2.23. The average molecular weight is 439 g/mol. The van der Waals surface area contributed by atoms with Gasteiger partial charge in [0.1, 0.15) is 11.6 Å². The summed E-state index contributed by atoms with van der Waals surface area (Å²) in [6.07, 6.45) is -0.793. The third kappa shape index (κ3) is 5.22. The highest BCUT2D eigenvalue weighted by Crippen LogP contribution is 2.33. The van der Waals surface area contributed by atoms with Crippen molar-refractivity contribution < 1.29 is 18.6 Å². The lowest BCUT2D eigenvalue weighted by molar-refractivity contribution is -0.0765. The van der Waals surface area contributed by atoms with E-state index in [0.717, 1.165) is 17.2 Å². The molecule has 0 saturated carbocycles. The molecule has 6 heteroatoms. The minimum atomic E-state index is -0.948. The number of hydrogen-bond acceptors (Lipinski definition) is 4. The van der Waals surface area contributed by atoms with Crippen LogP contribution in [0.5, 0.6) is 0 Å². The Morgan fingerprint density at radius 3 is 2.06 bits per heavy atom. The predicted octanol–water partition coefficient (Wildman–Crippen LogP) is 3.69. The maximum absolute atomic E-state index is 13.6. The van der Waals surface area contributed by atoms with Crippen LogP contribution < -0.4 is 5.73 Å². The highest BCUT2D eigenvalue weighted by molar-refractivity contribution is 5.32. The number of benzene rings is 3. The molecule has 0 radical (unpaired) electrons. The van der Waals surface area contributed by atoms with Crippen LogP contribution in [0.4, 0.5) is 8.78 Å². The Bertz CT molecular complexity index is 943. The molecule has 4 nitrogen and oxygen atoms in total. The van der Waals surface area contributed by atoms with Gasteiger partial charge in [-0.25, -0.2) is 8.78 Å². The maximum Gasteiger partial charge on any atom is 0.126 e. The Labute approximate surface area is 187 Å². The van der Waals surface area contributed by atoms with Crippen LogP contribution in [0, 0.1) is 11.6 Å². The van der Waals surface area contributed by atoms with E-state index in [1.807, 2.05) is 36.4 Å². The Hall–Kier alpha value is -2.64. The van der Waals surface area contributed by atoms with Crippen molar-refractivity contribution in [1.82, 2.24) is 4.90 Å². The molecule has 1 saturated heterocycles. The Kier molecular flexibility index (Phi) is 7.27. The first-order valence-electron chi connectivity index (χ1n) is 10.8. The van der Waals surface area contributed by atoms with Crippen molar-refractivity contribution >= 4 is 0 Å². The first-order chi connectivity index (χ1) is 15.5. The van der Waals surface area contributed by atoms with Gasteiger partial charge in [-0.2, -0.15) is 0 Å². The summed E-state index contributed by atoms with van der Waals surface area (Å²) in [5.74, 6) is -1.31. The van der Waals surface area contributed by atoms with E-state index in [1.165, 1.54) is 12.1 Å². The van der Waals surface area contributed by atoms with Gasteiger partial charge < -0.3 is 15.6 Å². The molecule has 3 aromatic carbocycles. The van der Waals surface area contributed by atoms with Gasteiger partial charge in [0, 0.05) is 18.7 Å². The van der Waals surface area contributed by atoms with E-state index in [2.05, 4.69) is 29.2 Å². The molecule has 0 aliphatic carbocycles. The Morgan fingerprint density at radius 2 is 1.50 bits per heavy atom. The van der Waals surface area contributed by atoms with Crippen molar-refractivity contribution in [2.24, 2.45) is 5.73 Å². The van der Waals surface area contributed by atoms with Crippen LogP contribution in [0.1, 0.15) is 22.7 Å². The van der Waals surface area contributed by atoms with Crippen LogP contribution in [0.3, 0.4) is 0 Å². The minimum absolute atomic E-state index is 0.0836. The van der Waals surface area contributed by atoms with E-state index in [9.17, 15) is 13.9 Å². The highest BCUT2D eigenvalue weighted by Gasteiger charge is 2.37. The van der Waals surface area contributed by atoms with Crippen molar-refractivity contribution in [3.63, 3.8) is 0 Å². The number of aliphatic hydroxyl groups is 1. The van der Waals surface area contributed by atoms with E-state index in [4.69, 9.17) is 10.5 Å². The number of nitrogens with zero attached hydrogens (tertiary/aromatic N) is 1. The van der Waals surface area contributed by atoms with Crippen molar-refractivity contribution in [2.45, 2.75) is 30.7 Å². The summed E-state index contributed by atoms with van der Waals surface area (Å²) in [7, 11) is 0. The van der Waals surface area contributed by atoms with E-state index in [0.29, 0.717) is 25.3 Å². The number of ether oxygens (including phenoxy) is 1. The van der Waals surface area contributed by atoms with Gasteiger partial charge >= 0.3 is 0 Å². The van der Waals surface area contributed by atoms with Gasteiger partial charge in [0.25, 0.3) is 0 Å². The van der Waals surface area contributed by atoms with Gasteiger partial charge in [-0.05, 0) is 35.2 Å². The summed E-state index contributed by atoms with van der Waals surface area (Å²) in [6.45, 7) is 1.49. The Morgan fingerprint density at radius 1 is 0.938 bits per heavy atom. The molecule has 1 unspecified atom stereocenters. The van der Waals surface area contributed by atoms with Crippen LogP contribution in [0.2, 0.25) is 0 Å². The molecule has 3 atom stereocenters. The van der Waals surface area contributed by atoms with E-state index in [1.54, 1.807) is 0 Å². The van der Waals surface area contributed by atoms with Gasteiger partial charge in [-0.3, -0.25) is 4.90 Å². The summed E-state index contributed by atoms with van der Waals surface area (Å²) >= 11 is 0. The zero-order valence-electron chi connectivity index (χ0n) is 17.8. The van der Waals surface area contributed by atoms with Crippen LogP contribution in [0.25, 0.3) is 0 Å². The lowest BCUT2D eigenvalue weighted by Gasteiger charge is -2.44. The molecule has 3 aromatic rings. The van der Waals surface area contributed by atoms with Crippen LogP contribution >= 0.6 is 0 Å². The van der Waals surface area contributed by atoms with Crippen molar-refractivity contribution in [1.29, 1.82) is 0 Å². The van der Waals surface area contributed by atoms with E-state index < -0.39 is 23.8 Å². The number of aliphatic hydroxyl groups excluding tert-OH is 1. The lowest BCUT2D eigenvalue weighted by Crippen LogP contribution is -2.58. The topological polar surface area (TPSA) is 58.7 Å². The normalized spacial score (nSPS) is 19.1. The summed E-state index contributed by atoms with van der Waals surface area (Å²) in [5, 5.41) is 11.2. The zero-order valence-corrected chi connectivity index (χ0v) is 17.8. The van der Waals surface area contributed by atoms with Gasteiger partial charge in [0.15, 0.2) is 0 Å². The molecule has 4 rings (SSSR count). The smallest absolute Gasteiger partial charge is 0.126 e. The standard InChI is InChI=1S/C26H28F2N2O2/c27-21-13-18(14-22(28)16-21)15-23(29)26(31)24-17-32-12-11-30(24)25(19-7-3-1-4-8-19)20-9-5-2-6-10-20/h1-10,13-14,16,23-26,31H,11-12,15,17,29H2/t23-,24+,26?/m0/s1. The van der Waals surface area contributed by atoms with Crippen LogP contribution in [0.15, 0.2) is 78.9 Å². The summed E-state index contributed by atoms with van der Waals surface area (Å²) in [6, 6.07) is 22.4. The number of halogens is 2. The summed E-state index contributed by atoms with van der Waals surface area (Å²) in [5.41, 5.74) is 8.98. The summed E-state index contributed by atoms with van der Waals surface area (Å²) < 4.78 is 32.9. The molecule has 0 bridgehead atoms. The van der Waals surface area contributed by atoms with Crippen LogP contribution in [-0.4, -0.2) is 48.0 Å². The molecule has 1 aliphatic heterocycles. The number of nitrogens with two attached hydrogens (primary N) is 1. The zero-order chi connectivity index (χ0) is 22.5. The average Bonchev–Trinajstić information content (AvgIpc) is 2.80. The third-order valence-electron chi connectivity index (χ3n) is 6.00. The fourth-order valence-corrected chi connectivity index (χ4v) is 4.50. The lowest BCUT2D eigenvalue weighted by atomic mass is 9.91. The minimum Gasteiger partial charge on any atom is -0.390 e. The van der Waals surface area contributed by atoms with E-state index in [-0.39, 0.29) is 18.5 Å². The molecule has 3 N–H and O–H groups in total. The van der Waals surface area contributed by atoms with Gasteiger partial charge in [-0.15, -0.1) is 0 Å². The molecular weight excluding hydrogens is 410 g/mol. The van der Waals surface area contributed by atoms with Gasteiger partial charge in [-0.1, -0.05) is 60.7 Å². The maximum atomic E-state index is 13.6. The second-order valence-electron chi connectivity index (χ2n) is 8.24. The number of hydrogen-bond donors (Lipinski definition) is 2. The second kappa shape index (κ2) is 10.3. The molecular formula is C26H28F2N2O2. The molecule has 1 heterocycles. The quantitative estimate of drug-likeness (QED) is 0.591.